The smallest absolute Gasteiger partial charge is 0.0541 e. The lowest BCUT2D eigenvalue weighted by atomic mass is 9.83. The Morgan fingerprint density at radius 1 is 0.280 bits per heavy atom. The van der Waals surface area contributed by atoms with E-state index >= 15 is 0 Å². The van der Waals surface area contributed by atoms with Gasteiger partial charge in [-0.25, -0.2) is 0 Å². The van der Waals surface area contributed by atoms with Gasteiger partial charge in [-0.1, -0.05) is 259 Å². The third-order valence-corrected chi connectivity index (χ3v) is 17.4. The molecule has 0 aliphatic heterocycles. The first-order valence-corrected chi connectivity index (χ1v) is 29.4. The molecule has 2 nitrogen and oxygen atoms in total. The standard InChI is InChI=1S/C80H74N2/c1-77(2,3)58-35-25-51(26-36-58)56-47-57(52-27-37-59(38-28-52)78(4,5)6)49-62(48-56)81(74-46-41-61(80(10,11)12)50-69(74)64-20-14-13-19-63(64)53-29-39-60(40-30-53)79(7,8)9)72-44-33-54-32-43-68-73(45-34-55-31-42-67(72)75(54)76(55)68)82-70-23-17-15-21-65(70)66-22-16-18-24-71(66)82/h13-50H,1-12H3. The second kappa shape index (κ2) is 19.5. The van der Waals surface area contributed by atoms with Gasteiger partial charge in [-0.05, 0) is 159 Å². The average Bonchev–Trinajstić information content (AvgIpc) is 2.21. The minimum absolute atomic E-state index is 0.0247. The summed E-state index contributed by atoms with van der Waals surface area (Å²) in [4.78, 5) is 2.60. The number of fused-ring (bicyclic) bond motifs is 3. The molecule has 0 aliphatic rings. The summed E-state index contributed by atoms with van der Waals surface area (Å²) in [6.07, 6.45) is 0. The first kappa shape index (κ1) is 52.6. The molecule has 0 atom stereocenters. The molecule has 12 aromatic carbocycles. The number of aromatic nitrogens is 1. The van der Waals surface area contributed by atoms with Crippen molar-refractivity contribution in [2.75, 3.05) is 4.90 Å². The summed E-state index contributed by atoms with van der Waals surface area (Å²) in [5, 5.41) is 9.93. The number of hydrogen-bond acceptors (Lipinski definition) is 1. The molecule has 0 aliphatic carbocycles. The van der Waals surface area contributed by atoms with Crippen molar-refractivity contribution in [3.05, 3.63) is 253 Å². The van der Waals surface area contributed by atoms with E-state index in [-0.39, 0.29) is 21.7 Å². The van der Waals surface area contributed by atoms with Gasteiger partial charge in [0.1, 0.15) is 0 Å². The third kappa shape index (κ3) is 9.23. The molecule has 13 aromatic rings. The molecular weight excluding hydrogens is 989 g/mol. The molecule has 1 heterocycles. The fourth-order valence-corrected chi connectivity index (χ4v) is 12.7. The molecule has 0 saturated carbocycles. The van der Waals surface area contributed by atoms with Crippen LogP contribution in [-0.4, -0.2) is 4.57 Å². The van der Waals surface area contributed by atoms with Crippen molar-refractivity contribution in [3.8, 4) is 50.2 Å². The lowest BCUT2D eigenvalue weighted by molar-refractivity contribution is 0.590. The largest absolute Gasteiger partial charge is 0.309 e. The van der Waals surface area contributed by atoms with Crippen LogP contribution in [0.1, 0.15) is 105 Å². The van der Waals surface area contributed by atoms with E-state index in [1.165, 1.54) is 127 Å². The summed E-state index contributed by atoms with van der Waals surface area (Å²) in [6, 6.07) is 88.1. The molecule has 0 spiro atoms. The van der Waals surface area contributed by atoms with Crippen LogP contribution in [-0.2, 0) is 21.7 Å². The van der Waals surface area contributed by atoms with Gasteiger partial charge in [0.05, 0.1) is 28.1 Å². The molecule has 0 amide bonds. The highest BCUT2D eigenvalue weighted by atomic mass is 15.1. The summed E-state index contributed by atoms with van der Waals surface area (Å²) >= 11 is 0. The second-order valence-corrected chi connectivity index (χ2v) is 27.1. The zero-order chi connectivity index (χ0) is 57.0. The topological polar surface area (TPSA) is 8.17 Å². The molecule has 0 radical (unpaired) electrons. The van der Waals surface area contributed by atoms with E-state index in [2.05, 4.69) is 323 Å². The van der Waals surface area contributed by atoms with E-state index in [4.69, 9.17) is 0 Å². The van der Waals surface area contributed by atoms with Crippen LogP contribution in [0.4, 0.5) is 17.1 Å². The summed E-state index contributed by atoms with van der Waals surface area (Å²) in [7, 11) is 0. The summed E-state index contributed by atoms with van der Waals surface area (Å²) in [5.74, 6) is 0. The molecule has 0 unspecified atom stereocenters. The van der Waals surface area contributed by atoms with Gasteiger partial charge in [0.25, 0.3) is 0 Å². The highest BCUT2D eigenvalue weighted by Crippen LogP contribution is 2.51. The van der Waals surface area contributed by atoms with Crippen LogP contribution in [0.15, 0.2) is 231 Å². The molecule has 404 valence electrons. The SMILES string of the molecule is CC(C)(C)c1ccc(-c2cc(-c3ccc(C(C)(C)C)cc3)cc(N(c3ccc(C(C)(C)C)cc3-c3ccccc3-c3ccc(C(C)(C)C)cc3)c3ccc4ccc5c(-n6c7ccccc7c7ccccc76)ccc6ccc3c4c65)c2)cc1. The average molecular weight is 1060 g/mol. The zero-order valence-corrected chi connectivity index (χ0v) is 49.8. The van der Waals surface area contributed by atoms with Crippen LogP contribution in [0.5, 0.6) is 0 Å². The molecule has 1 aromatic heterocycles. The van der Waals surface area contributed by atoms with Gasteiger partial charge < -0.3 is 9.47 Å². The van der Waals surface area contributed by atoms with Crippen molar-refractivity contribution in [2.24, 2.45) is 0 Å². The summed E-state index contributed by atoms with van der Waals surface area (Å²) in [6.45, 7) is 27.6. The lowest BCUT2D eigenvalue weighted by Crippen LogP contribution is -2.15. The van der Waals surface area contributed by atoms with Crippen LogP contribution in [0.25, 0.3) is 104 Å². The highest BCUT2D eigenvalue weighted by molar-refractivity contribution is 6.28. The van der Waals surface area contributed by atoms with Gasteiger partial charge >= 0.3 is 0 Å². The van der Waals surface area contributed by atoms with Gasteiger partial charge in [-0.3, -0.25) is 0 Å². The van der Waals surface area contributed by atoms with Gasteiger partial charge in [0.2, 0.25) is 0 Å². The van der Waals surface area contributed by atoms with E-state index in [0.717, 1.165) is 17.1 Å². The van der Waals surface area contributed by atoms with E-state index in [1.807, 2.05) is 0 Å². The van der Waals surface area contributed by atoms with E-state index in [9.17, 15) is 0 Å². The highest BCUT2D eigenvalue weighted by Gasteiger charge is 2.28. The molecule has 0 fully saturated rings. The fraction of sp³-hybridized carbons (Fsp3) is 0.200. The number of anilines is 3. The van der Waals surface area contributed by atoms with E-state index in [0.29, 0.717) is 0 Å². The van der Waals surface area contributed by atoms with Crippen LogP contribution < -0.4 is 4.90 Å². The zero-order valence-electron chi connectivity index (χ0n) is 49.8. The Morgan fingerprint density at radius 2 is 0.695 bits per heavy atom. The number of hydrogen-bond donors (Lipinski definition) is 0. The van der Waals surface area contributed by atoms with Crippen LogP contribution in [0.2, 0.25) is 0 Å². The van der Waals surface area contributed by atoms with Crippen LogP contribution in [0.3, 0.4) is 0 Å². The fourth-order valence-electron chi connectivity index (χ4n) is 12.7. The molecule has 13 rings (SSSR count). The maximum Gasteiger partial charge on any atom is 0.0541 e. The van der Waals surface area contributed by atoms with E-state index < -0.39 is 0 Å². The number of para-hydroxylation sites is 2. The number of rotatable bonds is 8. The Hall–Kier alpha value is -8.72. The maximum absolute atomic E-state index is 2.60. The van der Waals surface area contributed by atoms with Crippen molar-refractivity contribution in [1.82, 2.24) is 4.57 Å². The summed E-state index contributed by atoms with van der Waals surface area (Å²) < 4.78 is 2.48. The van der Waals surface area contributed by atoms with Crippen molar-refractivity contribution < 1.29 is 0 Å². The normalized spacial score (nSPS) is 12.6. The van der Waals surface area contributed by atoms with Gasteiger partial charge in [0, 0.05) is 32.8 Å². The number of nitrogens with zero attached hydrogens (tertiary/aromatic N) is 2. The predicted molar refractivity (Wildman–Crippen MR) is 356 cm³/mol. The Balaban J connectivity index is 1.12. The molecular formula is C80H74N2. The Bertz CT molecular complexity index is 4430. The minimum Gasteiger partial charge on any atom is -0.309 e. The van der Waals surface area contributed by atoms with Crippen LogP contribution >= 0.6 is 0 Å². The first-order chi connectivity index (χ1) is 39.2. The number of benzene rings is 12. The molecule has 82 heavy (non-hydrogen) atoms. The van der Waals surface area contributed by atoms with Crippen molar-refractivity contribution in [3.63, 3.8) is 0 Å². The molecule has 0 saturated heterocycles. The lowest BCUT2D eigenvalue weighted by Gasteiger charge is -2.32. The second-order valence-electron chi connectivity index (χ2n) is 27.1. The van der Waals surface area contributed by atoms with Crippen molar-refractivity contribution in [2.45, 2.75) is 105 Å². The predicted octanol–water partition coefficient (Wildman–Crippen LogP) is 23.0. The first-order valence-electron chi connectivity index (χ1n) is 29.4. The summed E-state index contributed by atoms with van der Waals surface area (Å²) in [5.41, 5.74) is 21.6. The van der Waals surface area contributed by atoms with Crippen molar-refractivity contribution >= 4 is 71.2 Å². The minimum atomic E-state index is -0.117. The van der Waals surface area contributed by atoms with Gasteiger partial charge in [0.15, 0.2) is 0 Å². The van der Waals surface area contributed by atoms with E-state index in [1.54, 1.807) is 0 Å². The van der Waals surface area contributed by atoms with Crippen molar-refractivity contribution in [1.29, 1.82) is 0 Å². The third-order valence-electron chi connectivity index (χ3n) is 17.4. The van der Waals surface area contributed by atoms with Crippen LogP contribution in [0, 0.1) is 0 Å². The maximum atomic E-state index is 2.60. The molecule has 0 bridgehead atoms. The van der Waals surface area contributed by atoms with Gasteiger partial charge in [-0.2, -0.15) is 0 Å². The Morgan fingerprint density at radius 3 is 1.22 bits per heavy atom. The van der Waals surface area contributed by atoms with Gasteiger partial charge in [-0.15, -0.1) is 0 Å². The Labute approximate surface area is 485 Å². The monoisotopic (exact) mass is 1060 g/mol. The molecule has 0 N–H and O–H groups in total. The quantitative estimate of drug-likeness (QED) is 0.138. The Kier molecular flexibility index (Phi) is 12.5. The molecule has 2 heteroatoms.